The third-order valence-electron chi connectivity index (χ3n) is 2.47. The van der Waals surface area contributed by atoms with Gasteiger partial charge in [-0.25, -0.2) is 10.8 Å². The molecule has 0 bridgehead atoms. The number of nitrogen functional groups attached to an aromatic ring is 1. The lowest BCUT2D eigenvalue weighted by Gasteiger charge is -2.06. The molecule has 0 radical (unpaired) electrons. The lowest BCUT2D eigenvalue weighted by Crippen LogP contribution is -2.30. The van der Waals surface area contributed by atoms with Crippen LogP contribution in [0.2, 0.25) is 0 Å². The van der Waals surface area contributed by atoms with Crippen molar-refractivity contribution >= 4 is 11.7 Å². The Bertz CT molecular complexity index is 676. The van der Waals surface area contributed by atoms with Gasteiger partial charge in [0.1, 0.15) is 18.5 Å². The molecule has 2 heterocycles. The number of pyridine rings is 2. The number of hydrogen-bond acceptors (Lipinski definition) is 7. The van der Waals surface area contributed by atoms with Crippen molar-refractivity contribution < 1.29 is 14.5 Å². The van der Waals surface area contributed by atoms with Crippen molar-refractivity contribution in [3.05, 3.63) is 58.0 Å². The summed E-state index contributed by atoms with van der Waals surface area (Å²) in [5, 5.41) is 10.8. The fourth-order valence-corrected chi connectivity index (χ4v) is 1.54. The normalized spacial score (nSPS) is 9.95. The molecule has 9 heteroatoms. The zero-order chi connectivity index (χ0) is 15.2. The summed E-state index contributed by atoms with van der Waals surface area (Å²) in [6.45, 7) is -0.0434. The smallest absolute Gasteiger partial charge is 0.406 e. The van der Waals surface area contributed by atoms with Gasteiger partial charge in [0.2, 0.25) is 5.75 Å². The number of nitrogens with one attached hydrogen (secondary N) is 1. The fourth-order valence-electron chi connectivity index (χ4n) is 1.54. The third-order valence-corrected chi connectivity index (χ3v) is 2.47. The molecule has 21 heavy (non-hydrogen) atoms. The minimum absolute atomic E-state index is 0.0259. The fraction of sp³-hybridized carbons (Fsp3) is 0.0833. The largest absolute Gasteiger partial charge is 0.479 e. The van der Waals surface area contributed by atoms with Crippen LogP contribution in [-0.2, 0) is 6.61 Å². The van der Waals surface area contributed by atoms with Crippen LogP contribution in [-0.4, -0.2) is 20.8 Å². The second-order valence-electron chi connectivity index (χ2n) is 3.86. The van der Waals surface area contributed by atoms with Gasteiger partial charge < -0.3 is 14.9 Å². The molecule has 0 aromatic carbocycles. The van der Waals surface area contributed by atoms with Gasteiger partial charge in [-0.2, -0.15) is 0 Å². The molecule has 0 spiro atoms. The van der Waals surface area contributed by atoms with Crippen LogP contribution >= 0.6 is 0 Å². The number of hydrogen-bond donors (Lipinski definition) is 2. The van der Waals surface area contributed by atoms with Crippen LogP contribution in [0.25, 0.3) is 0 Å². The van der Waals surface area contributed by atoms with Crippen LogP contribution in [0.1, 0.15) is 16.2 Å². The number of nitrogens with two attached hydrogens (primary N) is 1. The van der Waals surface area contributed by atoms with E-state index >= 15 is 0 Å². The van der Waals surface area contributed by atoms with E-state index in [4.69, 9.17) is 10.6 Å². The van der Waals surface area contributed by atoms with E-state index in [0.717, 1.165) is 0 Å². The predicted molar refractivity (Wildman–Crippen MR) is 71.1 cm³/mol. The molecule has 0 unspecified atom stereocenters. The van der Waals surface area contributed by atoms with Crippen LogP contribution in [0, 0.1) is 10.1 Å². The average molecular weight is 289 g/mol. The van der Waals surface area contributed by atoms with E-state index in [-0.39, 0.29) is 23.9 Å². The first kappa shape index (κ1) is 14.3. The maximum Gasteiger partial charge on any atom is 0.406 e. The van der Waals surface area contributed by atoms with Crippen LogP contribution < -0.4 is 16.0 Å². The van der Waals surface area contributed by atoms with E-state index in [9.17, 15) is 14.9 Å². The Morgan fingerprint density at radius 2 is 2.19 bits per heavy atom. The zero-order valence-corrected chi connectivity index (χ0v) is 10.7. The Balaban J connectivity index is 2.14. The van der Waals surface area contributed by atoms with E-state index in [1.165, 1.54) is 24.4 Å². The highest BCUT2D eigenvalue weighted by atomic mass is 16.6. The Kier molecular flexibility index (Phi) is 4.36. The maximum absolute atomic E-state index is 11.3. The number of aromatic nitrogens is 2. The van der Waals surface area contributed by atoms with Gasteiger partial charge in [-0.15, -0.1) is 0 Å². The van der Waals surface area contributed by atoms with Crippen molar-refractivity contribution in [2.45, 2.75) is 6.61 Å². The lowest BCUT2D eigenvalue weighted by molar-refractivity contribution is -0.390. The summed E-state index contributed by atoms with van der Waals surface area (Å²) in [5.74, 6) is 4.13. The minimum Gasteiger partial charge on any atom is -0.479 e. The highest BCUT2D eigenvalue weighted by Gasteiger charge is 2.16. The highest BCUT2D eigenvalue weighted by Crippen LogP contribution is 2.23. The number of carbonyl (C=O) groups excluding carboxylic acids is 1. The molecule has 2 aromatic rings. The molecule has 1 amide bonds. The number of nitrogens with zero attached hydrogens (tertiary/aromatic N) is 3. The first-order valence-electron chi connectivity index (χ1n) is 5.81. The molecule has 108 valence electrons. The molecule has 0 saturated heterocycles. The van der Waals surface area contributed by atoms with Gasteiger partial charge in [0.25, 0.3) is 5.91 Å². The monoisotopic (exact) mass is 289 g/mol. The highest BCUT2D eigenvalue weighted by molar-refractivity contribution is 5.91. The molecular weight excluding hydrogens is 278 g/mol. The van der Waals surface area contributed by atoms with E-state index in [1.54, 1.807) is 12.1 Å². The molecule has 0 aliphatic carbocycles. The molecule has 3 N–H and O–H groups in total. The van der Waals surface area contributed by atoms with E-state index < -0.39 is 10.8 Å². The molecule has 0 fully saturated rings. The first-order valence-corrected chi connectivity index (χ1v) is 5.81. The van der Waals surface area contributed by atoms with Crippen molar-refractivity contribution in [1.29, 1.82) is 0 Å². The summed E-state index contributed by atoms with van der Waals surface area (Å²) in [6, 6.07) is 7.66. The van der Waals surface area contributed by atoms with Crippen molar-refractivity contribution in [2.24, 2.45) is 5.84 Å². The quantitative estimate of drug-likeness (QED) is 0.355. The Morgan fingerprint density at radius 1 is 1.38 bits per heavy atom. The summed E-state index contributed by atoms with van der Waals surface area (Å²) < 4.78 is 5.32. The van der Waals surface area contributed by atoms with E-state index in [0.29, 0.717) is 5.69 Å². The summed E-state index contributed by atoms with van der Waals surface area (Å²) in [7, 11) is 0. The second kappa shape index (κ2) is 6.39. The van der Waals surface area contributed by atoms with Crippen molar-refractivity contribution in [2.75, 3.05) is 0 Å². The maximum atomic E-state index is 11.3. The average Bonchev–Trinajstić information content (AvgIpc) is 2.52. The molecule has 2 rings (SSSR count). The lowest BCUT2D eigenvalue weighted by atomic mass is 10.3. The SMILES string of the molecule is NNC(=O)c1cccc(COc2cccnc2[N+](=O)[O-])n1. The summed E-state index contributed by atoms with van der Waals surface area (Å²) in [4.78, 5) is 29.2. The van der Waals surface area contributed by atoms with Gasteiger partial charge in [-0.05, 0) is 34.2 Å². The standard InChI is InChI=1S/C12H11N5O4/c13-16-12(18)9-4-1-3-8(15-9)7-21-10-5-2-6-14-11(10)17(19)20/h1-6H,7,13H2,(H,16,18). The van der Waals surface area contributed by atoms with Crippen molar-refractivity contribution in [3.8, 4) is 5.75 Å². The summed E-state index contributed by atoms with van der Waals surface area (Å²) >= 11 is 0. The van der Waals surface area contributed by atoms with Gasteiger partial charge >= 0.3 is 5.82 Å². The van der Waals surface area contributed by atoms with Gasteiger partial charge in [-0.1, -0.05) is 6.07 Å². The number of amides is 1. The Hall–Kier alpha value is -3.07. The number of ether oxygens (including phenoxy) is 1. The van der Waals surface area contributed by atoms with E-state index in [2.05, 4.69) is 9.97 Å². The van der Waals surface area contributed by atoms with Crippen LogP contribution in [0.15, 0.2) is 36.5 Å². The number of nitro groups is 1. The number of carbonyl (C=O) groups is 1. The molecule has 0 aliphatic rings. The summed E-state index contributed by atoms with van der Waals surface area (Å²) in [5.41, 5.74) is 2.51. The minimum atomic E-state index is -0.638. The Morgan fingerprint density at radius 3 is 2.90 bits per heavy atom. The molecule has 0 saturated carbocycles. The molecular formula is C12H11N5O4. The van der Waals surface area contributed by atoms with Crippen molar-refractivity contribution in [1.82, 2.24) is 15.4 Å². The molecule has 0 aliphatic heterocycles. The van der Waals surface area contributed by atoms with Crippen LogP contribution in [0.3, 0.4) is 0 Å². The van der Waals surface area contributed by atoms with Crippen molar-refractivity contribution in [3.63, 3.8) is 0 Å². The van der Waals surface area contributed by atoms with Gasteiger partial charge in [0.05, 0.1) is 5.69 Å². The molecule has 0 atom stereocenters. The zero-order valence-electron chi connectivity index (χ0n) is 10.7. The van der Waals surface area contributed by atoms with Crippen LogP contribution in [0.5, 0.6) is 5.75 Å². The van der Waals surface area contributed by atoms with E-state index in [1.807, 2.05) is 5.43 Å². The predicted octanol–water partition coefficient (Wildman–Crippen LogP) is 0.567. The second-order valence-corrected chi connectivity index (χ2v) is 3.86. The van der Waals surface area contributed by atoms with Gasteiger partial charge in [0, 0.05) is 0 Å². The van der Waals surface area contributed by atoms with Gasteiger partial charge in [-0.3, -0.25) is 10.2 Å². The number of rotatable bonds is 5. The first-order chi connectivity index (χ1) is 10.1. The Labute approximate surface area is 118 Å². The van der Waals surface area contributed by atoms with Crippen LogP contribution in [0.4, 0.5) is 5.82 Å². The van der Waals surface area contributed by atoms with Gasteiger partial charge in [0.15, 0.2) is 0 Å². The summed E-state index contributed by atoms with van der Waals surface area (Å²) in [6.07, 6.45) is 1.30. The molecule has 9 nitrogen and oxygen atoms in total. The topological polar surface area (TPSA) is 133 Å². The third kappa shape index (κ3) is 3.48. The molecule has 2 aromatic heterocycles. The number of hydrazine groups is 1.